The Morgan fingerprint density at radius 2 is 2.28 bits per heavy atom. The largest absolute Gasteiger partial charge is 0.491 e. The predicted molar refractivity (Wildman–Crippen MR) is 66.8 cm³/mol. The Labute approximate surface area is 106 Å². The third-order valence-corrected chi connectivity index (χ3v) is 3.24. The molecule has 2 rings (SSSR count). The van der Waals surface area contributed by atoms with Crippen LogP contribution in [-0.2, 0) is 11.3 Å². The van der Waals surface area contributed by atoms with Gasteiger partial charge in [0.15, 0.2) is 11.6 Å². The summed E-state index contributed by atoms with van der Waals surface area (Å²) in [5.74, 6) is 0.118. The van der Waals surface area contributed by atoms with Gasteiger partial charge in [-0.2, -0.15) is 0 Å². The van der Waals surface area contributed by atoms with E-state index in [0.29, 0.717) is 13.2 Å². The maximum Gasteiger partial charge on any atom is 0.223 e. The Kier molecular flexibility index (Phi) is 4.18. The number of nitrogens with one attached hydrogen (secondary N) is 1. The topological polar surface area (TPSA) is 38.3 Å². The van der Waals surface area contributed by atoms with E-state index >= 15 is 0 Å². The van der Waals surface area contributed by atoms with Crippen LogP contribution in [0, 0.1) is 11.7 Å². The van der Waals surface area contributed by atoms with Gasteiger partial charge in [-0.05, 0) is 37.5 Å². The van der Waals surface area contributed by atoms with Crippen LogP contribution < -0.4 is 10.1 Å². The SMILES string of the molecule is CCOc1ccc(CNC(=O)C2CCC2)cc1F. The molecule has 1 saturated carbocycles. The van der Waals surface area contributed by atoms with Crippen LogP contribution in [0.4, 0.5) is 4.39 Å². The second-order valence-electron chi connectivity index (χ2n) is 4.54. The smallest absolute Gasteiger partial charge is 0.223 e. The second kappa shape index (κ2) is 5.85. The number of ether oxygens (including phenoxy) is 1. The number of halogens is 1. The van der Waals surface area contributed by atoms with E-state index in [1.807, 2.05) is 6.92 Å². The summed E-state index contributed by atoms with van der Waals surface area (Å²) in [6, 6.07) is 4.78. The molecule has 1 N–H and O–H groups in total. The molecule has 4 heteroatoms. The highest BCUT2D eigenvalue weighted by Crippen LogP contribution is 2.26. The first-order valence-electron chi connectivity index (χ1n) is 6.39. The average Bonchev–Trinajstić information content (AvgIpc) is 2.27. The molecule has 0 saturated heterocycles. The van der Waals surface area contributed by atoms with Crippen molar-refractivity contribution in [2.75, 3.05) is 6.61 Å². The van der Waals surface area contributed by atoms with Gasteiger partial charge in [0.1, 0.15) is 0 Å². The van der Waals surface area contributed by atoms with Crippen molar-refractivity contribution in [3.8, 4) is 5.75 Å². The molecule has 1 aromatic carbocycles. The highest BCUT2D eigenvalue weighted by atomic mass is 19.1. The molecule has 1 aliphatic carbocycles. The first-order valence-corrected chi connectivity index (χ1v) is 6.39. The zero-order valence-corrected chi connectivity index (χ0v) is 10.5. The molecule has 0 bridgehead atoms. The van der Waals surface area contributed by atoms with Gasteiger partial charge in [-0.15, -0.1) is 0 Å². The molecule has 0 aromatic heterocycles. The predicted octanol–water partition coefficient (Wildman–Crippen LogP) is 2.64. The lowest BCUT2D eigenvalue weighted by Crippen LogP contribution is -2.33. The van der Waals surface area contributed by atoms with E-state index in [1.165, 1.54) is 6.07 Å². The monoisotopic (exact) mass is 251 g/mol. The lowest BCUT2D eigenvalue weighted by molar-refractivity contribution is -0.127. The molecule has 3 nitrogen and oxygen atoms in total. The van der Waals surface area contributed by atoms with Crippen molar-refractivity contribution in [1.82, 2.24) is 5.32 Å². The van der Waals surface area contributed by atoms with E-state index < -0.39 is 0 Å². The molecule has 18 heavy (non-hydrogen) atoms. The summed E-state index contributed by atoms with van der Waals surface area (Å²) in [6.45, 7) is 2.62. The van der Waals surface area contributed by atoms with E-state index in [9.17, 15) is 9.18 Å². The van der Waals surface area contributed by atoms with Gasteiger partial charge in [0, 0.05) is 12.5 Å². The standard InChI is InChI=1S/C14H18FNO2/c1-2-18-13-7-6-10(8-12(13)15)9-16-14(17)11-4-3-5-11/h6-8,11H,2-5,9H2,1H3,(H,16,17). The second-order valence-corrected chi connectivity index (χ2v) is 4.54. The lowest BCUT2D eigenvalue weighted by atomic mass is 9.85. The normalized spacial score (nSPS) is 15.0. The fourth-order valence-corrected chi connectivity index (χ4v) is 1.93. The van der Waals surface area contributed by atoms with Crippen LogP contribution in [0.25, 0.3) is 0 Å². The maximum absolute atomic E-state index is 13.6. The van der Waals surface area contributed by atoms with E-state index in [2.05, 4.69) is 5.32 Å². The van der Waals surface area contributed by atoms with Gasteiger partial charge in [0.05, 0.1) is 6.61 Å². The van der Waals surface area contributed by atoms with Crippen molar-refractivity contribution in [3.05, 3.63) is 29.6 Å². The molecule has 0 aliphatic heterocycles. The van der Waals surface area contributed by atoms with Crippen molar-refractivity contribution in [2.45, 2.75) is 32.7 Å². The van der Waals surface area contributed by atoms with Crippen LogP contribution in [0.2, 0.25) is 0 Å². The van der Waals surface area contributed by atoms with Crippen molar-refractivity contribution in [1.29, 1.82) is 0 Å². The summed E-state index contributed by atoms with van der Waals surface area (Å²) in [5, 5.41) is 2.83. The minimum Gasteiger partial charge on any atom is -0.491 e. The summed E-state index contributed by atoms with van der Waals surface area (Å²) in [7, 11) is 0. The first-order chi connectivity index (χ1) is 8.70. The molecule has 1 fully saturated rings. The maximum atomic E-state index is 13.6. The first kappa shape index (κ1) is 12.9. The number of hydrogen-bond acceptors (Lipinski definition) is 2. The van der Waals surface area contributed by atoms with Crippen LogP contribution in [-0.4, -0.2) is 12.5 Å². The van der Waals surface area contributed by atoms with Crippen molar-refractivity contribution < 1.29 is 13.9 Å². The lowest BCUT2D eigenvalue weighted by Gasteiger charge is -2.24. The van der Waals surface area contributed by atoms with Gasteiger partial charge in [-0.1, -0.05) is 12.5 Å². The Balaban J connectivity index is 1.89. The van der Waals surface area contributed by atoms with Gasteiger partial charge < -0.3 is 10.1 Å². The van der Waals surface area contributed by atoms with Crippen LogP contribution in [0.5, 0.6) is 5.75 Å². The fraction of sp³-hybridized carbons (Fsp3) is 0.500. The highest BCUT2D eigenvalue weighted by Gasteiger charge is 2.24. The zero-order valence-electron chi connectivity index (χ0n) is 10.5. The molecule has 0 atom stereocenters. The summed E-state index contributed by atoms with van der Waals surface area (Å²) in [4.78, 5) is 11.6. The minimum absolute atomic E-state index is 0.0792. The number of rotatable bonds is 5. The summed E-state index contributed by atoms with van der Waals surface area (Å²) in [5.41, 5.74) is 0.753. The van der Waals surface area contributed by atoms with Gasteiger partial charge in [0.2, 0.25) is 5.91 Å². The van der Waals surface area contributed by atoms with E-state index in [-0.39, 0.29) is 23.4 Å². The summed E-state index contributed by atoms with van der Waals surface area (Å²) < 4.78 is 18.7. The fourth-order valence-electron chi connectivity index (χ4n) is 1.93. The molecule has 1 amide bonds. The molecule has 98 valence electrons. The molecule has 1 aliphatic rings. The molecule has 0 radical (unpaired) electrons. The molecule has 0 unspecified atom stereocenters. The Morgan fingerprint density at radius 1 is 1.50 bits per heavy atom. The Morgan fingerprint density at radius 3 is 2.83 bits per heavy atom. The van der Waals surface area contributed by atoms with Crippen LogP contribution >= 0.6 is 0 Å². The Hall–Kier alpha value is -1.58. The van der Waals surface area contributed by atoms with Crippen LogP contribution in [0.15, 0.2) is 18.2 Å². The molecular formula is C14H18FNO2. The third kappa shape index (κ3) is 3.00. The molecule has 0 spiro atoms. The highest BCUT2D eigenvalue weighted by molar-refractivity contribution is 5.79. The quantitative estimate of drug-likeness (QED) is 0.873. The van der Waals surface area contributed by atoms with Crippen molar-refractivity contribution in [2.24, 2.45) is 5.92 Å². The number of carbonyl (C=O) groups is 1. The van der Waals surface area contributed by atoms with Crippen molar-refractivity contribution in [3.63, 3.8) is 0 Å². The number of benzene rings is 1. The number of hydrogen-bond donors (Lipinski definition) is 1. The third-order valence-electron chi connectivity index (χ3n) is 3.24. The van der Waals surface area contributed by atoms with E-state index in [4.69, 9.17) is 4.74 Å². The van der Waals surface area contributed by atoms with E-state index in [0.717, 1.165) is 24.8 Å². The van der Waals surface area contributed by atoms with Gasteiger partial charge in [-0.3, -0.25) is 4.79 Å². The van der Waals surface area contributed by atoms with E-state index in [1.54, 1.807) is 12.1 Å². The molecule has 0 heterocycles. The minimum atomic E-state index is -0.382. The summed E-state index contributed by atoms with van der Waals surface area (Å²) in [6.07, 6.45) is 3.09. The zero-order chi connectivity index (χ0) is 13.0. The van der Waals surface area contributed by atoms with Crippen LogP contribution in [0.3, 0.4) is 0 Å². The van der Waals surface area contributed by atoms with Gasteiger partial charge >= 0.3 is 0 Å². The van der Waals surface area contributed by atoms with Crippen molar-refractivity contribution >= 4 is 5.91 Å². The number of amides is 1. The molecular weight excluding hydrogens is 233 g/mol. The average molecular weight is 251 g/mol. The Bertz CT molecular complexity index is 430. The van der Waals surface area contributed by atoms with Crippen LogP contribution in [0.1, 0.15) is 31.7 Å². The number of carbonyl (C=O) groups excluding carboxylic acids is 1. The van der Waals surface area contributed by atoms with Gasteiger partial charge in [0.25, 0.3) is 0 Å². The molecule has 1 aromatic rings. The van der Waals surface area contributed by atoms with Gasteiger partial charge in [-0.25, -0.2) is 4.39 Å². The summed E-state index contributed by atoms with van der Waals surface area (Å²) >= 11 is 0.